The van der Waals surface area contributed by atoms with E-state index in [1.54, 1.807) is 0 Å². The predicted octanol–water partition coefficient (Wildman–Crippen LogP) is 9.06. The number of rotatable bonds is 9. The van der Waals surface area contributed by atoms with Crippen LogP contribution in [0.3, 0.4) is 0 Å². The van der Waals surface area contributed by atoms with E-state index in [1.807, 2.05) is 6.21 Å². The molecule has 3 aromatic rings. The van der Waals surface area contributed by atoms with Gasteiger partial charge in [-0.3, -0.25) is 9.79 Å². The minimum atomic E-state index is -1.35. The Morgan fingerprint density at radius 1 is 0.763 bits per heavy atom. The lowest BCUT2D eigenvalue weighted by Gasteiger charge is -2.31. The Kier molecular flexibility index (Phi) is 8.73. The molecule has 0 spiro atoms. The molecule has 1 aliphatic rings. The molecule has 4 nitrogen and oxygen atoms in total. The van der Waals surface area contributed by atoms with Crippen LogP contribution >= 0.6 is 8.30 Å². The zero-order valence-corrected chi connectivity index (χ0v) is 24.9. The number of nitrogens with zero attached hydrogens (tertiary/aromatic N) is 2. The van der Waals surface area contributed by atoms with Crippen LogP contribution in [0.15, 0.2) is 59.6 Å². The lowest BCUT2D eigenvalue weighted by molar-refractivity contribution is -0.120. The van der Waals surface area contributed by atoms with Crippen LogP contribution in [0.25, 0.3) is 0 Å². The second kappa shape index (κ2) is 11.8. The number of aliphatic imine (C=N–C) groups is 1. The van der Waals surface area contributed by atoms with E-state index < -0.39 is 8.30 Å². The Hall–Kier alpha value is -2.97. The molecule has 0 fully saturated rings. The van der Waals surface area contributed by atoms with Crippen LogP contribution in [0.4, 0.5) is 11.4 Å². The maximum Gasteiger partial charge on any atom is 0.297 e. The fourth-order valence-corrected chi connectivity index (χ4v) is 7.33. The Labute approximate surface area is 230 Å². The molecular weight excluding hydrogens is 487 g/mol. The third kappa shape index (κ3) is 5.43. The summed E-state index contributed by atoms with van der Waals surface area (Å²) in [7, 11) is -1.35. The number of hydrogen-bond acceptors (Lipinski definition) is 4. The van der Waals surface area contributed by atoms with E-state index in [9.17, 15) is 4.79 Å². The van der Waals surface area contributed by atoms with Crippen LogP contribution < -0.4 is 9.97 Å². The fourth-order valence-electron chi connectivity index (χ4n) is 5.35. The molecule has 200 valence electrons. The van der Waals surface area contributed by atoms with Crippen LogP contribution in [0.1, 0.15) is 112 Å². The van der Waals surface area contributed by atoms with E-state index in [1.165, 1.54) is 33.5 Å². The Balaban J connectivity index is 1.85. The van der Waals surface area contributed by atoms with E-state index in [0.29, 0.717) is 36.7 Å². The zero-order chi connectivity index (χ0) is 27.6. The Morgan fingerprint density at radius 3 is 1.76 bits per heavy atom. The van der Waals surface area contributed by atoms with Gasteiger partial charge in [0.15, 0.2) is 0 Å². The van der Waals surface area contributed by atoms with Crippen LogP contribution in [0.2, 0.25) is 0 Å². The van der Waals surface area contributed by atoms with Gasteiger partial charge in [-0.2, -0.15) is 0 Å². The minimum absolute atomic E-state index is 0.350. The van der Waals surface area contributed by atoms with Crippen molar-refractivity contribution in [2.24, 2.45) is 4.99 Å². The van der Waals surface area contributed by atoms with Gasteiger partial charge in [0, 0.05) is 17.1 Å². The topological polar surface area (TPSA) is 41.9 Å². The molecule has 1 aliphatic heterocycles. The largest absolute Gasteiger partial charge is 0.421 e. The van der Waals surface area contributed by atoms with Crippen molar-refractivity contribution in [3.05, 3.63) is 88.0 Å². The molecule has 0 saturated carbocycles. The number of fused-ring (bicyclic) bond motifs is 1. The molecule has 0 radical (unpaired) electrons. The van der Waals surface area contributed by atoms with Crippen molar-refractivity contribution < 1.29 is 9.32 Å². The summed E-state index contributed by atoms with van der Waals surface area (Å²) in [5, 5.41) is 1.08. The fraction of sp³-hybridized carbons (Fsp3) is 0.394. The van der Waals surface area contributed by atoms with Crippen molar-refractivity contribution >= 4 is 37.7 Å². The molecule has 1 atom stereocenters. The lowest BCUT2D eigenvalue weighted by atomic mass is 9.92. The molecule has 3 aromatic carbocycles. The monoisotopic (exact) mass is 528 g/mol. The van der Waals surface area contributed by atoms with Crippen molar-refractivity contribution in [1.82, 2.24) is 0 Å². The second-order valence-corrected chi connectivity index (χ2v) is 13.0. The van der Waals surface area contributed by atoms with Gasteiger partial charge < -0.3 is 9.19 Å². The van der Waals surface area contributed by atoms with Gasteiger partial charge in [0.05, 0.1) is 17.9 Å². The van der Waals surface area contributed by atoms with Gasteiger partial charge in [-0.05, 0) is 51.5 Å². The Morgan fingerprint density at radius 2 is 1.26 bits per heavy atom. The molecule has 0 saturated heterocycles. The maximum atomic E-state index is 11.8. The van der Waals surface area contributed by atoms with Gasteiger partial charge >= 0.3 is 0 Å². The van der Waals surface area contributed by atoms with Crippen LogP contribution in [-0.4, -0.2) is 12.7 Å². The van der Waals surface area contributed by atoms with Crippen molar-refractivity contribution in [2.45, 2.75) is 85.6 Å². The highest BCUT2D eigenvalue weighted by molar-refractivity contribution is 7.63. The average molecular weight is 529 g/mol. The third-order valence-electron chi connectivity index (χ3n) is 7.30. The number of carbonyl (C=O) groups excluding carboxylic acids is 1. The number of anilines is 1. The van der Waals surface area contributed by atoms with Gasteiger partial charge in [0.25, 0.3) is 6.47 Å². The van der Waals surface area contributed by atoms with E-state index in [2.05, 4.69) is 115 Å². The molecule has 0 aliphatic carbocycles. The summed E-state index contributed by atoms with van der Waals surface area (Å²) in [5.74, 6) is 1.44. The molecule has 0 unspecified atom stereocenters. The van der Waals surface area contributed by atoms with Gasteiger partial charge in [-0.15, -0.1) is 0 Å². The van der Waals surface area contributed by atoms with Crippen molar-refractivity contribution in [1.29, 1.82) is 0 Å². The van der Waals surface area contributed by atoms with Gasteiger partial charge in [0.1, 0.15) is 0 Å². The highest BCUT2D eigenvalue weighted by Crippen LogP contribution is 2.54. The molecule has 4 rings (SSSR count). The molecule has 0 bridgehead atoms. The first-order valence-corrected chi connectivity index (χ1v) is 15.0. The maximum absolute atomic E-state index is 11.8. The van der Waals surface area contributed by atoms with Crippen LogP contribution in [0, 0.1) is 0 Å². The number of para-hydroxylation sites is 2. The highest BCUT2D eigenvalue weighted by Gasteiger charge is 2.37. The first kappa shape index (κ1) is 28.0. The quantitative estimate of drug-likeness (QED) is 0.158. The second-order valence-electron chi connectivity index (χ2n) is 11.3. The van der Waals surface area contributed by atoms with Crippen LogP contribution in [0.5, 0.6) is 0 Å². The van der Waals surface area contributed by atoms with E-state index in [0.717, 1.165) is 16.6 Å². The summed E-state index contributed by atoms with van der Waals surface area (Å²) in [6, 6.07) is 19.4. The van der Waals surface area contributed by atoms with Crippen LogP contribution in [-0.2, 0) is 15.9 Å². The van der Waals surface area contributed by atoms with Gasteiger partial charge in [-0.1, -0.05) is 110 Å². The number of carbonyl (C=O) groups is 1. The smallest absolute Gasteiger partial charge is 0.297 e. The number of benzene rings is 3. The number of hydrogen-bond donors (Lipinski definition) is 0. The normalized spacial score (nSPS) is 15.4. The van der Waals surface area contributed by atoms with E-state index >= 15 is 0 Å². The lowest BCUT2D eigenvalue weighted by Crippen LogP contribution is -2.19. The first-order chi connectivity index (χ1) is 18.1. The van der Waals surface area contributed by atoms with Crippen molar-refractivity contribution in [3.63, 3.8) is 0 Å². The van der Waals surface area contributed by atoms with Crippen molar-refractivity contribution in [3.8, 4) is 0 Å². The van der Waals surface area contributed by atoms with E-state index in [4.69, 9.17) is 9.52 Å². The summed E-state index contributed by atoms with van der Waals surface area (Å²) in [6.45, 7) is 19.1. The van der Waals surface area contributed by atoms with Gasteiger partial charge in [-0.25, -0.2) is 0 Å². The summed E-state index contributed by atoms with van der Waals surface area (Å²) >= 11 is 0. The van der Waals surface area contributed by atoms with Crippen molar-refractivity contribution in [2.75, 3.05) is 4.67 Å². The minimum Gasteiger partial charge on any atom is -0.421 e. The summed E-state index contributed by atoms with van der Waals surface area (Å²) in [4.78, 5) is 17.0. The van der Waals surface area contributed by atoms with Gasteiger partial charge in [0.2, 0.25) is 8.30 Å². The SMILES string of the molecule is CC(C)c1cccc(C(C)C)c1N=Cc1cccc2c1[P@](OC=O)N(c1c(C(C)C)cccc1C(C)C)C2. The summed E-state index contributed by atoms with van der Waals surface area (Å²) in [5.41, 5.74) is 9.54. The first-order valence-electron chi connectivity index (χ1n) is 13.7. The summed E-state index contributed by atoms with van der Waals surface area (Å²) < 4.78 is 8.26. The molecule has 0 amide bonds. The predicted molar refractivity (Wildman–Crippen MR) is 163 cm³/mol. The molecule has 1 heterocycles. The summed E-state index contributed by atoms with van der Waals surface area (Å²) in [6.07, 6.45) is 1.98. The molecule has 38 heavy (non-hydrogen) atoms. The standard InChI is InChI=1S/C33H41N2O2P/c1-21(2)27-14-10-15-28(22(3)4)31(27)34-18-25-12-9-13-26-19-35(38(33(25)26)37-20-36)32-29(23(5)6)16-11-17-30(32)24(7)8/h9-18,20-24H,19H2,1-8H3/t38-/m0/s1. The molecule has 0 aromatic heterocycles. The average Bonchev–Trinajstić information content (AvgIpc) is 3.25. The molecule has 0 N–H and O–H groups in total. The van der Waals surface area contributed by atoms with E-state index in [-0.39, 0.29) is 0 Å². The molecule has 5 heteroatoms. The Bertz CT molecular complexity index is 1270. The third-order valence-corrected chi connectivity index (χ3v) is 9.29. The highest BCUT2D eigenvalue weighted by atomic mass is 31.2. The zero-order valence-electron chi connectivity index (χ0n) is 24.0. The molecular formula is C33H41N2O2P.